The van der Waals surface area contributed by atoms with E-state index in [0.29, 0.717) is 86.6 Å². The SMILES string of the molecule is CC1CCN([N+](=O)[O-])C1C1CN([N+](=O)[O-])CN1[N+](=O)[O-].CN1CN([N+](=O)[O-])C2(C1)CN([N+](=O)[O-])CN([N+](=O)[O-])C2.O=[N+]([O-])N1CC(C2CN([N+](=O)[O-])CN2[N+](=O)[O-])N([N+](=O)[O-])C1.O=[N+]([O-])N1CC2C(CN([N+](=O)[O-])CN2[N+](=O)[O-])N([N+](=O)[O-])C1.O=[N+]([O-])N1CCN([N+](=O)[O-])C2C1N([N+](=O)[O-])CCN2[N+](=O)[O-]. The van der Waals surface area contributed by atoms with Gasteiger partial charge in [-0.1, -0.05) is 52.0 Å². The van der Waals surface area contributed by atoms with Gasteiger partial charge in [0.05, 0.1) is 6.54 Å². The number of fused-ring (bicyclic) bond motifs is 2. The lowest BCUT2D eigenvalue weighted by atomic mass is 9.96. The second kappa shape index (κ2) is 32.0. The van der Waals surface area contributed by atoms with Gasteiger partial charge in [0.15, 0.2) is 96.1 Å². The molecule has 10 aliphatic heterocycles. The summed E-state index contributed by atoms with van der Waals surface area (Å²) in [6.07, 6.45) is -2.99. The minimum absolute atomic E-state index is 0.0376. The van der Waals surface area contributed by atoms with Crippen molar-refractivity contribution in [1.29, 1.82) is 0 Å². The van der Waals surface area contributed by atoms with Crippen molar-refractivity contribution in [2.45, 2.75) is 67.5 Å². The molecule has 0 bridgehead atoms. The average molecular weight is 1550 g/mol. The molecule has 0 saturated carbocycles. The molecule has 0 N–H and O–H groups in total. The summed E-state index contributed by atoms with van der Waals surface area (Å²) in [5.41, 5.74) is -1.28. The quantitative estimate of drug-likeness (QED) is 0.0807. The van der Waals surface area contributed by atoms with Gasteiger partial charge in [0.1, 0.15) is 115 Å². The largest absolute Gasteiger partial charge is 0.282 e. The first-order chi connectivity index (χ1) is 49.3. The van der Waals surface area contributed by atoms with Crippen LogP contribution in [0.2, 0.25) is 0 Å². The first kappa shape index (κ1) is 80.5. The zero-order valence-corrected chi connectivity index (χ0v) is 53.8. The van der Waals surface area contributed by atoms with E-state index in [2.05, 4.69) is 0 Å². The van der Waals surface area contributed by atoms with Crippen molar-refractivity contribution in [3.8, 4) is 0 Å². The van der Waals surface area contributed by atoms with Gasteiger partial charge in [-0.2, -0.15) is 0 Å². The van der Waals surface area contributed by atoms with E-state index in [1.54, 1.807) is 18.9 Å². The van der Waals surface area contributed by atoms with E-state index in [9.17, 15) is 182 Å². The molecule has 590 valence electrons. The summed E-state index contributed by atoms with van der Waals surface area (Å²) in [6.45, 7) is -6.09. The Bertz CT molecular complexity index is 3260. The number of nitro groups is 18. The molecule has 10 rings (SSSR count). The van der Waals surface area contributed by atoms with Gasteiger partial charge < -0.3 is 0 Å². The van der Waals surface area contributed by atoms with Crippen LogP contribution in [-0.2, 0) is 0 Å². The highest BCUT2D eigenvalue weighted by molar-refractivity contribution is 5.00. The Morgan fingerprint density at radius 2 is 0.491 bits per heavy atom. The van der Waals surface area contributed by atoms with Gasteiger partial charge in [-0.05, 0) is 19.4 Å². The Balaban J connectivity index is 0.000000208. The molecule has 0 amide bonds. The maximum absolute atomic E-state index is 11.1. The molecular weight excluding hydrogens is 1490 g/mol. The van der Waals surface area contributed by atoms with Crippen molar-refractivity contribution in [2.24, 2.45) is 5.92 Å². The molecule has 7 unspecified atom stereocenters. The number of nitrogens with zero attached hydrogens (tertiary/aromatic N) is 37. The smallest absolute Gasteiger partial charge is 0.266 e. The molecule has 0 aromatic rings. The maximum Gasteiger partial charge on any atom is 0.266 e. The van der Waals surface area contributed by atoms with Crippen LogP contribution >= 0.6 is 0 Å². The van der Waals surface area contributed by atoms with Crippen LogP contribution in [0.3, 0.4) is 0 Å². The monoisotopic (exact) mass is 1550 g/mol. The van der Waals surface area contributed by atoms with Crippen molar-refractivity contribution in [1.82, 2.24) is 95.1 Å². The van der Waals surface area contributed by atoms with Crippen LogP contribution in [0.1, 0.15) is 13.3 Å². The molecule has 0 aliphatic carbocycles. The topological polar surface area (TPSA) is 838 Å². The van der Waals surface area contributed by atoms with E-state index in [-0.39, 0.29) is 45.3 Å². The van der Waals surface area contributed by atoms with Gasteiger partial charge in [0, 0.05) is 6.54 Å². The molecule has 1 spiro atoms. The minimum atomic E-state index is -1.76. The van der Waals surface area contributed by atoms with Crippen molar-refractivity contribution in [3.63, 3.8) is 0 Å². The molecule has 0 radical (unpaired) electrons. The Morgan fingerprint density at radius 3 is 0.717 bits per heavy atom. The normalized spacial score (nSPS) is 25.2. The first-order valence-corrected chi connectivity index (χ1v) is 29.2. The molecule has 10 aliphatic rings. The summed E-state index contributed by atoms with van der Waals surface area (Å²) >= 11 is 0. The molecule has 73 heteroatoms. The van der Waals surface area contributed by atoms with Gasteiger partial charge in [0.25, 0.3) is 12.3 Å². The second-order valence-electron chi connectivity index (χ2n) is 23.6. The second-order valence-corrected chi connectivity index (χ2v) is 23.6. The molecular formula is C33H57N37O36. The van der Waals surface area contributed by atoms with E-state index in [0.717, 1.165) is 10.0 Å². The highest BCUT2D eigenvalue weighted by Gasteiger charge is 2.64. The van der Waals surface area contributed by atoms with E-state index in [4.69, 9.17) is 0 Å². The average Bonchev–Trinajstić information content (AvgIpc) is 1.20. The van der Waals surface area contributed by atoms with Crippen LogP contribution in [0.25, 0.3) is 0 Å². The van der Waals surface area contributed by atoms with Crippen LogP contribution in [0.5, 0.6) is 0 Å². The van der Waals surface area contributed by atoms with E-state index in [1.165, 1.54) is 0 Å². The van der Waals surface area contributed by atoms with Crippen LogP contribution in [-0.4, -0.2) is 379 Å². The van der Waals surface area contributed by atoms with E-state index < -0.39 is 237 Å². The summed E-state index contributed by atoms with van der Waals surface area (Å²) in [5, 5.41) is 192. The summed E-state index contributed by atoms with van der Waals surface area (Å²) in [5.74, 6) is -0.139. The maximum atomic E-state index is 11.1. The van der Waals surface area contributed by atoms with Gasteiger partial charge in [-0.25, -0.2) is 182 Å². The predicted octanol–water partition coefficient (Wildman–Crippen LogP) is -9.78. The van der Waals surface area contributed by atoms with Crippen molar-refractivity contribution < 1.29 is 90.6 Å². The third kappa shape index (κ3) is 17.3. The Labute approximate surface area is 579 Å². The lowest BCUT2D eigenvalue weighted by molar-refractivity contribution is -0.791. The van der Waals surface area contributed by atoms with Crippen LogP contribution < -0.4 is 0 Å². The van der Waals surface area contributed by atoms with Gasteiger partial charge in [-0.15, -0.1) is 45.1 Å². The van der Waals surface area contributed by atoms with Crippen molar-refractivity contribution >= 4 is 0 Å². The number of hydrogen-bond acceptors (Lipinski definition) is 37. The van der Waals surface area contributed by atoms with Crippen LogP contribution in [0.15, 0.2) is 0 Å². The Hall–Kier alpha value is -14.4. The fraction of sp³-hybridized carbons (Fsp3) is 1.00. The number of piperazine rings is 2. The fourth-order valence-electron chi connectivity index (χ4n) is 13.3. The highest BCUT2D eigenvalue weighted by Crippen LogP contribution is 2.34. The van der Waals surface area contributed by atoms with Crippen LogP contribution in [0.4, 0.5) is 0 Å². The van der Waals surface area contributed by atoms with E-state index in [1.807, 2.05) is 0 Å². The lowest BCUT2D eigenvalue weighted by Crippen LogP contribution is -2.77. The molecule has 73 nitrogen and oxygen atoms in total. The van der Waals surface area contributed by atoms with Gasteiger partial charge in [0.2, 0.25) is 40.0 Å². The summed E-state index contributed by atoms with van der Waals surface area (Å²) < 4.78 is 0. The van der Waals surface area contributed by atoms with Crippen LogP contribution in [0, 0.1) is 188 Å². The summed E-state index contributed by atoms with van der Waals surface area (Å²) in [4.78, 5) is 199. The third-order valence-electron chi connectivity index (χ3n) is 17.8. The fourth-order valence-corrected chi connectivity index (χ4v) is 13.3. The summed E-state index contributed by atoms with van der Waals surface area (Å²) in [7, 11) is 1.62. The Morgan fingerprint density at radius 1 is 0.255 bits per heavy atom. The highest BCUT2D eigenvalue weighted by atomic mass is 16.8. The number of likely N-dealkylation sites (N-methyl/N-ethyl adjacent to an activating group) is 1. The number of hydrogen-bond donors (Lipinski definition) is 0. The molecule has 106 heavy (non-hydrogen) atoms. The molecule has 0 aromatic heterocycles. The van der Waals surface area contributed by atoms with Crippen molar-refractivity contribution in [3.05, 3.63) is 182 Å². The predicted molar refractivity (Wildman–Crippen MR) is 311 cm³/mol. The molecule has 10 fully saturated rings. The molecule has 7 atom stereocenters. The number of hydrazine groups is 18. The molecule has 10 saturated heterocycles. The number of rotatable bonds is 20. The first-order valence-electron chi connectivity index (χ1n) is 29.2. The van der Waals surface area contributed by atoms with Crippen molar-refractivity contribution in [2.75, 3.05) is 139 Å². The standard InChI is InChI=1S/C8H14N6O6.C7H13N7O6.3C6H10N8O8/c1-6-2-3-10(13(17)18)8(6)7-4-9(12(15)16)5-11(7)14(19)20;1-8-2-7(11(5-8)14(19)20)3-9(12(15)16)6-10(4-7)13(17)18;15-11(16)7-1-5-6(10(3-7)14(21)22)2-8(12(17)18)4-9(5)13(19)20;15-11(16)7-1-5(9(3-7)13(19)20)6-2-8(12(17)18)4-10(6)14(21)22;15-11(16)7-1-2-8(12(17)18)6-5(7)9(13(19)20)3-4-10(6)14(21)22/h6-8H,2-5H2,1H3;2-6H2,1H3;3*5-6H,1-4H2. The molecule has 10 heterocycles. The Kier molecular flexibility index (Phi) is 24.3. The van der Waals surface area contributed by atoms with Gasteiger partial charge >= 0.3 is 0 Å². The lowest BCUT2D eigenvalue weighted by Gasteiger charge is -2.44. The molecule has 0 aromatic carbocycles. The minimum Gasteiger partial charge on any atom is -0.282 e. The van der Waals surface area contributed by atoms with Gasteiger partial charge in [-0.3, -0.25) is 4.90 Å². The zero-order valence-electron chi connectivity index (χ0n) is 53.8. The van der Waals surface area contributed by atoms with E-state index >= 15 is 0 Å². The summed E-state index contributed by atoms with van der Waals surface area (Å²) in [6, 6.07) is -6.49. The zero-order chi connectivity index (χ0) is 79.9. The third-order valence-corrected chi connectivity index (χ3v) is 17.8.